The minimum atomic E-state index is -1.22. The third kappa shape index (κ3) is 4.65. The summed E-state index contributed by atoms with van der Waals surface area (Å²) in [6.07, 6.45) is 15.2. The zero-order valence-electron chi connectivity index (χ0n) is 10.9. The molecular formula is C13H7Li3O2. The normalized spacial score (nSPS) is 14.3. The Bertz CT molecular complexity index is 490. The molecule has 0 N–H and O–H groups in total. The molecule has 0 atom stereocenters. The average molecular weight is 216 g/mol. The Labute approximate surface area is 143 Å². The van der Waals surface area contributed by atoms with E-state index in [2.05, 4.69) is 11.8 Å². The van der Waals surface area contributed by atoms with Crippen molar-refractivity contribution in [3.05, 3.63) is 71.4 Å². The molecule has 0 unspecified atom stereocenters. The van der Waals surface area contributed by atoms with E-state index >= 15 is 0 Å². The minimum absolute atomic E-state index is 0. The van der Waals surface area contributed by atoms with Crippen molar-refractivity contribution in [3.63, 3.8) is 0 Å². The van der Waals surface area contributed by atoms with Gasteiger partial charge in [-0.3, -0.25) is 5.73 Å². The molecule has 0 aliphatic heterocycles. The number of rotatable bonds is 2. The van der Waals surface area contributed by atoms with Crippen LogP contribution < -0.4 is 24.0 Å². The number of aliphatic carboxylic acids is 1. The third-order valence-corrected chi connectivity index (χ3v) is 2.06. The van der Waals surface area contributed by atoms with Crippen LogP contribution >= 0.6 is 0 Å². The van der Waals surface area contributed by atoms with Gasteiger partial charge in [-0.05, 0) is 0 Å². The monoisotopic (exact) mass is 216 g/mol. The summed E-state index contributed by atoms with van der Waals surface area (Å²) < 4.78 is 0. The Morgan fingerprint density at radius 3 is 2.61 bits per heavy atom. The molecule has 2 nitrogen and oxygen atoms in total. The summed E-state index contributed by atoms with van der Waals surface area (Å²) in [4.78, 5) is 10.8. The van der Waals surface area contributed by atoms with Crippen molar-refractivity contribution in [3.8, 4) is 0 Å². The number of carboxylic acid groups (broad SMARTS) is 1. The summed E-state index contributed by atoms with van der Waals surface area (Å²) >= 11 is 0. The number of carbonyl (C=O) groups excluding carboxylic acids is 1. The van der Waals surface area contributed by atoms with Gasteiger partial charge >= 0.3 is 18.9 Å². The summed E-state index contributed by atoms with van der Waals surface area (Å²) in [6, 6.07) is 0. The first kappa shape index (κ1) is 19.9. The molecule has 0 aromatic heterocycles. The minimum Gasteiger partial charge on any atom is -0.544 e. The molecule has 2 aliphatic carbocycles. The second-order valence-electron chi connectivity index (χ2n) is 3.02. The summed E-state index contributed by atoms with van der Waals surface area (Å²) in [5.74, 6) is -1.22. The Morgan fingerprint density at radius 2 is 2.06 bits per heavy atom. The first-order valence-corrected chi connectivity index (χ1v) is 4.48. The Morgan fingerprint density at radius 1 is 1.33 bits per heavy atom. The van der Waals surface area contributed by atoms with Gasteiger partial charge in [-0.15, -0.1) is 12.5 Å². The van der Waals surface area contributed by atoms with Crippen LogP contribution in [-0.4, -0.2) is 43.7 Å². The maximum absolute atomic E-state index is 10.8. The molecule has 18 heavy (non-hydrogen) atoms. The first-order chi connectivity index (χ1) is 7.29. The Hall–Kier alpha value is -0.478. The fourth-order valence-corrected chi connectivity index (χ4v) is 1.39. The van der Waals surface area contributed by atoms with E-state index in [4.69, 9.17) is 0 Å². The molecule has 74 valence electrons. The van der Waals surface area contributed by atoms with Crippen LogP contribution in [0, 0.1) is 12.5 Å². The van der Waals surface area contributed by atoms with Crippen LogP contribution in [0.3, 0.4) is 0 Å². The second kappa shape index (κ2) is 9.45. The SMILES string of the molecule is O=C([O-])C1=C=C[CH-]C=C1C1=CC=CC=[C+]1.[Li+].[Li].[Li]. The molecule has 0 amide bonds. The fraction of sp³-hybridized carbons (Fsp3) is 0. The van der Waals surface area contributed by atoms with Gasteiger partial charge in [0.05, 0.1) is 17.6 Å². The van der Waals surface area contributed by atoms with Crippen LogP contribution in [0.5, 0.6) is 0 Å². The third-order valence-electron chi connectivity index (χ3n) is 2.06. The van der Waals surface area contributed by atoms with Crippen molar-refractivity contribution >= 4 is 43.7 Å². The van der Waals surface area contributed by atoms with E-state index in [1.807, 2.05) is 12.2 Å². The van der Waals surface area contributed by atoms with Gasteiger partial charge in [0.1, 0.15) is 0 Å². The summed E-state index contributed by atoms with van der Waals surface area (Å²) in [6.45, 7) is 0. The Balaban J connectivity index is 0. The topological polar surface area (TPSA) is 40.1 Å². The van der Waals surface area contributed by atoms with Crippen molar-refractivity contribution in [1.29, 1.82) is 0 Å². The first-order valence-electron chi connectivity index (χ1n) is 4.48. The van der Waals surface area contributed by atoms with Crippen LogP contribution in [-0.2, 0) is 4.79 Å². The predicted molar refractivity (Wildman–Crippen MR) is 65.5 cm³/mol. The number of hydrogen-bond acceptors (Lipinski definition) is 2. The predicted octanol–water partition coefficient (Wildman–Crippen LogP) is -2.94. The molecule has 0 spiro atoms. The number of allylic oxidation sites excluding steroid dienone is 7. The number of carbonyl (C=O) groups is 1. The van der Waals surface area contributed by atoms with Gasteiger partial charge in [-0.2, -0.15) is 0 Å². The fourth-order valence-electron chi connectivity index (χ4n) is 1.39. The van der Waals surface area contributed by atoms with Crippen LogP contribution in [0.1, 0.15) is 0 Å². The van der Waals surface area contributed by atoms with E-state index in [1.54, 1.807) is 30.7 Å². The maximum Gasteiger partial charge on any atom is 1.00 e. The van der Waals surface area contributed by atoms with Gasteiger partial charge in [0.15, 0.2) is 5.57 Å². The summed E-state index contributed by atoms with van der Waals surface area (Å²) in [5, 5.41) is 10.8. The molecule has 0 bridgehead atoms. The van der Waals surface area contributed by atoms with Crippen molar-refractivity contribution in [2.24, 2.45) is 0 Å². The quantitative estimate of drug-likeness (QED) is 0.281. The molecule has 0 fully saturated rings. The average Bonchev–Trinajstić information content (AvgIpc) is 2.30. The summed E-state index contributed by atoms with van der Waals surface area (Å²) in [7, 11) is 0. The standard InChI is InChI=1S/C13H8O2.3Li/c14-13(15)12-9-5-4-8-11(12)10-6-2-1-3-7-10;;;/h1-6,8H,(H,14,15);;;/q;;;+1/p-1. The van der Waals surface area contributed by atoms with Crippen LogP contribution in [0.2, 0.25) is 0 Å². The second-order valence-corrected chi connectivity index (χ2v) is 3.02. The van der Waals surface area contributed by atoms with E-state index in [-0.39, 0.29) is 62.2 Å². The smallest absolute Gasteiger partial charge is 0.544 e. The number of carboxylic acids is 1. The molecule has 0 aromatic carbocycles. The van der Waals surface area contributed by atoms with Crippen molar-refractivity contribution in [2.75, 3.05) is 0 Å². The maximum atomic E-state index is 10.8. The van der Waals surface area contributed by atoms with Crippen molar-refractivity contribution in [1.82, 2.24) is 0 Å². The van der Waals surface area contributed by atoms with Crippen LogP contribution in [0.25, 0.3) is 0 Å². The van der Waals surface area contributed by atoms with Crippen LogP contribution in [0.4, 0.5) is 0 Å². The molecule has 2 aliphatic rings. The molecule has 0 heterocycles. The van der Waals surface area contributed by atoms with Gasteiger partial charge < -0.3 is 9.90 Å². The van der Waals surface area contributed by atoms with E-state index in [1.165, 1.54) is 0 Å². The van der Waals surface area contributed by atoms with Gasteiger partial charge in [0.25, 0.3) is 0 Å². The molecule has 0 saturated heterocycles. The van der Waals surface area contributed by atoms with Gasteiger partial charge in [0, 0.05) is 67.6 Å². The molecular weight excluding hydrogens is 209 g/mol. The van der Waals surface area contributed by atoms with Gasteiger partial charge in [0.2, 0.25) is 0 Å². The summed E-state index contributed by atoms with van der Waals surface area (Å²) in [5.41, 5.74) is 4.03. The van der Waals surface area contributed by atoms with E-state index < -0.39 is 5.97 Å². The molecule has 5 heteroatoms. The largest absolute Gasteiger partial charge is 1.00 e. The molecule has 2 rings (SSSR count). The van der Waals surface area contributed by atoms with E-state index in [9.17, 15) is 9.90 Å². The van der Waals surface area contributed by atoms with E-state index in [0.29, 0.717) is 5.57 Å². The van der Waals surface area contributed by atoms with Crippen LogP contribution in [0.15, 0.2) is 58.9 Å². The molecule has 0 saturated carbocycles. The zero-order chi connectivity index (χ0) is 10.7. The Kier molecular flexibility index (Phi) is 10.4. The van der Waals surface area contributed by atoms with E-state index in [0.717, 1.165) is 5.57 Å². The van der Waals surface area contributed by atoms with Crippen molar-refractivity contribution in [2.45, 2.75) is 0 Å². The number of hydrogen-bond donors (Lipinski definition) is 0. The molecule has 2 radical (unpaired) electrons. The zero-order valence-corrected chi connectivity index (χ0v) is 10.9. The molecule has 0 aromatic rings. The van der Waals surface area contributed by atoms with Gasteiger partial charge in [-0.1, -0.05) is 6.08 Å². The van der Waals surface area contributed by atoms with Crippen molar-refractivity contribution < 1.29 is 28.8 Å². The van der Waals surface area contributed by atoms with Gasteiger partial charge in [-0.25, -0.2) is 0 Å².